The molecule has 3 nitrogen and oxygen atoms in total. The molecular weight excluding hydrogens is 212 g/mol. The lowest BCUT2D eigenvalue weighted by Crippen LogP contribution is -2.37. The molecule has 0 saturated heterocycles. The first-order valence-corrected chi connectivity index (χ1v) is 7.01. The highest BCUT2D eigenvalue weighted by Crippen LogP contribution is 2.27. The van der Waals surface area contributed by atoms with E-state index in [1.807, 2.05) is 0 Å². The minimum absolute atomic E-state index is 0.0136. The van der Waals surface area contributed by atoms with Crippen LogP contribution in [0.2, 0.25) is 0 Å². The van der Waals surface area contributed by atoms with E-state index in [0.717, 1.165) is 12.5 Å². The second-order valence-corrected chi connectivity index (χ2v) is 6.05. The third kappa shape index (κ3) is 5.53. The lowest BCUT2D eigenvalue weighted by Gasteiger charge is -2.27. The fourth-order valence-corrected chi connectivity index (χ4v) is 2.53. The molecule has 1 saturated carbocycles. The van der Waals surface area contributed by atoms with E-state index in [-0.39, 0.29) is 11.9 Å². The summed E-state index contributed by atoms with van der Waals surface area (Å²) in [7, 11) is 0. The van der Waals surface area contributed by atoms with Gasteiger partial charge in [-0.2, -0.15) is 0 Å². The summed E-state index contributed by atoms with van der Waals surface area (Å²) in [5.74, 6) is 1.99. The molecule has 3 atom stereocenters. The summed E-state index contributed by atoms with van der Waals surface area (Å²) in [6, 6.07) is -0.0136. The maximum absolute atomic E-state index is 11.7. The van der Waals surface area contributed by atoms with E-state index in [4.69, 9.17) is 5.73 Å². The van der Waals surface area contributed by atoms with E-state index in [1.165, 1.54) is 25.7 Å². The smallest absolute Gasteiger partial charge is 0.221 e. The van der Waals surface area contributed by atoms with Gasteiger partial charge in [-0.1, -0.05) is 33.6 Å². The monoisotopic (exact) mass is 240 g/mol. The quantitative estimate of drug-likeness (QED) is 0.774. The van der Waals surface area contributed by atoms with Crippen molar-refractivity contribution >= 4 is 5.91 Å². The van der Waals surface area contributed by atoms with E-state index in [9.17, 15) is 4.79 Å². The predicted molar refractivity (Wildman–Crippen MR) is 71.6 cm³/mol. The molecule has 1 aliphatic carbocycles. The van der Waals surface area contributed by atoms with Crippen molar-refractivity contribution < 1.29 is 4.79 Å². The van der Waals surface area contributed by atoms with Crippen LogP contribution in [0.4, 0.5) is 0 Å². The van der Waals surface area contributed by atoms with Gasteiger partial charge in [-0.25, -0.2) is 0 Å². The zero-order valence-corrected chi connectivity index (χ0v) is 11.5. The highest BCUT2D eigenvalue weighted by Gasteiger charge is 2.20. The molecule has 0 aromatic carbocycles. The van der Waals surface area contributed by atoms with Crippen molar-refractivity contribution in [2.24, 2.45) is 23.5 Å². The molecule has 3 N–H and O–H groups in total. The highest BCUT2D eigenvalue weighted by molar-refractivity contribution is 5.76. The molecule has 0 bridgehead atoms. The average molecular weight is 240 g/mol. The van der Waals surface area contributed by atoms with Gasteiger partial charge in [0.05, 0.1) is 0 Å². The number of carbonyl (C=O) groups is 1. The zero-order valence-electron chi connectivity index (χ0n) is 11.5. The molecule has 0 aromatic heterocycles. The lowest BCUT2D eigenvalue weighted by atomic mass is 9.82. The van der Waals surface area contributed by atoms with Crippen molar-refractivity contribution in [3.63, 3.8) is 0 Å². The molecule has 100 valence electrons. The van der Waals surface area contributed by atoms with E-state index in [1.54, 1.807) is 0 Å². The molecule has 3 unspecified atom stereocenters. The summed E-state index contributed by atoms with van der Waals surface area (Å²) < 4.78 is 0. The van der Waals surface area contributed by atoms with Crippen LogP contribution in [0, 0.1) is 17.8 Å². The van der Waals surface area contributed by atoms with Crippen LogP contribution < -0.4 is 11.1 Å². The molecule has 0 heterocycles. The Kier molecular flexibility index (Phi) is 5.96. The fourth-order valence-electron chi connectivity index (χ4n) is 2.53. The van der Waals surface area contributed by atoms with Gasteiger partial charge in [0.1, 0.15) is 0 Å². The maximum Gasteiger partial charge on any atom is 0.221 e. The number of nitrogens with two attached hydrogens (primary N) is 1. The summed E-state index contributed by atoms with van der Waals surface area (Å²) in [6.45, 7) is 7.26. The van der Waals surface area contributed by atoms with E-state index in [0.29, 0.717) is 18.3 Å². The van der Waals surface area contributed by atoms with E-state index in [2.05, 4.69) is 26.1 Å². The minimum Gasteiger partial charge on any atom is -0.356 e. The normalized spacial score (nSPS) is 26.9. The summed E-state index contributed by atoms with van der Waals surface area (Å²) in [5.41, 5.74) is 5.89. The number of rotatable bonds is 5. The van der Waals surface area contributed by atoms with Crippen LogP contribution in [0.25, 0.3) is 0 Å². The Morgan fingerprint density at radius 2 is 2.12 bits per heavy atom. The van der Waals surface area contributed by atoms with Crippen molar-refractivity contribution in [2.75, 3.05) is 6.54 Å². The highest BCUT2D eigenvalue weighted by atomic mass is 16.1. The Labute approximate surface area is 106 Å². The van der Waals surface area contributed by atoms with Crippen LogP contribution in [0.3, 0.4) is 0 Å². The average Bonchev–Trinajstić information content (AvgIpc) is 2.26. The number of hydrogen-bond acceptors (Lipinski definition) is 2. The third-order valence-electron chi connectivity index (χ3n) is 3.91. The standard InChI is InChI=1S/C14H28N2O/c1-10(2)13(15)8-14(17)16-9-12-6-4-5-11(3)7-12/h10-13H,4-9,15H2,1-3H3,(H,16,17). The summed E-state index contributed by atoms with van der Waals surface area (Å²) in [6.07, 6.45) is 5.65. The van der Waals surface area contributed by atoms with Crippen LogP contribution >= 0.6 is 0 Å². The Bertz CT molecular complexity index is 240. The number of carbonyl (C=O) groups excluding carboxylic acids is 1. The van der Waals surface area contributed by atoms with Crippen molar-refractivity contribution in [1.29, 1.82) is 0 Å². The Balaban J connectivity index is 2.19. The van der Waals surface area contributed by atoms with Gasteiger partial charge in [-0.3, -0.25) is 4.79 Å². The minimum atomic E-state index is -0.0136. The SMILES string of the molecule is CC1CCCC(CNC(=O)CC(N)C(C)C)C1. The molecule has 1 aliphatic rings. The van der Waals surface area contributed by atoms with Crippen LogP contribution in [0.15, 0.2) is 0 Å². The van der Waals surface area contributed by atoms with Crippen LogP contribution in [-0.4, -0.2) is 18.5 Å². The number of nitrogens with one attached hydrogen (secondary N) is 1. The Hall–Kier alpha value is -0.570. The van der Waals surface area contributed by atoms with Gasteiger partial charge in [-0.05, 0) is 30.6 Å². The van der Waals surface area contributed by atoms with Crippen molar-refractivity contribution in [3.05, 3.63) is 0 Å². The maximum atomic E-state index is 11.7. The second-order valence-electron chi connectivity index (χ2n) is 6.05. The van der Waals surface area contributed by atoms with Crippen molar-refractivity contribution in [3.8, 4) is 0 Å². The van der Waals surface area contributed by atoms with Crippen molar-refractivity contribution in [2.45, 2.75) is 58.9 Å². The lowest BCUT2D eigenvalue weighted by molar-refractivity contribution is -0.121. The molecule has 1 fully saturated rings. The van der Waals surface area contributed by atoms with Gasteiger partial charge in [-0.15, -0.1) is 0 Å². The molecule has 0 spiro atoms. The van der Waals surface area contributed by atoms with Crippen LogP contribution in [-0.2, 0) is 4.79 Å². The molecular formula is C14H28N2O. The first-order valence-electron chi connectivity index (χ1n) is 7.01. The largest absolute Gasteiger partial charge is 0.356 e. The van der Waals surface area contributed by atoms with E-state index >= 15 is 0 Å². The Morgan fingerprint density at radius 1 is 1.41 bits per heavy atom. The van der Waals surface area contributed by atoms with Gasteiger partial charge in [0.25, 0.3) is 0 Å². The number of hydrogen-bond donors (Lipinski definition) is 2. The summed E-state index contributed by atoms with van der Waals surface area (Å²) in [4.78, 5) is 11.7. The molecule has 0 aromatic rings. The molecule has 0 aliphatic heterocycles. The van der Waals surface area contributed by atoms with Gasteiger partial charge in [0.15, 0.2) is 0 Å². The first kappa shape index (κ1) is 14.5. The molecule has 1 rings (SSSR count). The number of amides is 1. The van der Waals surface area contributed by atoms with Gasteiger partial charge in [0, 0.05) is 19.0 Å². The van der Waals surface area contributed by atoms with Gasteiger partial charge in [0.2, 0.25) is 5.91 Å². The van der Waals surface area contributed by atoms with Crippen LogP contribution in [0.5, 0.6) is 0 Å². The van der Waals surface area contributed by atoms with Crippen LogP contribution in [0.1, 0.15) is 52.9 Å². The topological polar surface area (TPSA) is 55.1 Å². The molecule has 3 heteroatoms. The van der Waals surface area contributed by atoms with Gasteiger partial charge < -0.3 is 11.1 Å². The Morgan fingerprint density at radius 3 is 2.71 bits per heavy atom. The molecule has 1 amide bonds. The predicted octanol–water partition coefficient (Wildman–Crippen LogP) is 2.30. The molecule has 17 heavy (non-hydrogen) atoms. The van der Waals surface area contributed by atoms with Gasteiger partial charge >= 0.3 is 0 Å². The fraction of sp³-hybridized carbons (Fsp3) is 0.929. The second kappa shape index (κ2) is 7.00. The van der Waals surface area contributed by atoms with E-state index < -0.39 is 0 Å². The third-order valence-corrected chi connectivity index (χ3v) is 3.91. The van der Waals surface area contributed by atoms with Crippen molar-refractivity contribution in [1.82, 2.24) is 5.32 Å². The first-order chi connectivity index (χ1) is 7.99. The summed E-state index contributed by atoms with van der Waals surface area (Å²) in [5, 5.41) is 3.04. The molecule has 0 radical (unpaired) electrons. The summed E-state index contributed by atoms with van der Waals surface area (Å²) >= 11 is 0. The zero-order chi connectivity index (χ0) is 12.8.